The molecule has 3 aliphatic rings. The van der Waals surface area contributed by atoms with Crippen LogP contribution in [0.3, 0.4) is 0 Å². The quantitative estimate of drug-likeness (QED) is 0.444. The van der Waals surface area contributed by atoms with Crippen molar-refractivity contribution in [3.05, 3.63) is 0 Å². The molecule has 0 aromatic rings. The Labute approximate surface area is 138 Å². The summed E-state index contributed by atoms with van der Waals surface area (Å²) in [6, 6.07) is 0.558. The molecular weight excluding hydrogens is 369 g/mol. The maximum absolute atomic E-state index is 6.15. The number of rotatable bonds is 2. The zero-order valence-corrected chi connectivity index (χ0v) is 14.7. The second-order valence-electron chi connectivity index (χ2n) is 5.95. The van der Waals surface area contributed by atoms with E-state index in [4.69, 9.17) is 10.7 Å². The van der Waals surface area contributed by atoms with Crippen LogP contribution in [0.5, 0.6) is 0 Å². The van der Waals surface area contributed by atoms with Crippen molar-refractivity contribution < 1.29 is 0 Å². The molecule has 1 heterocycles. The van der Waals surface area contributed by atoms with E-state index in [0.29, 0.717) is 6.04 Å². The minimum Gasteiger partial charge on any atom is -0.370 e. The van der Waals surface area contributed by atoms with Crippen molar-refractivity contribution in [2.24, 2.45) is 22.6 Å². The molecular formula is C14H26IN3S. The van der Waals surface area contributed by atoms with E-state index >= 15 is 0 Å². The van der Waals surface area contributed by atoms with Gasteiger partial charge in [-0.2, -0.15) is 11.8 Å². The van der Waals surface area contributed by atoms with Crippen LogP contribution in [-0.4, -0.2) is 41.5 Å². The molecule has 0 aromatic carbocycles. The highest BCUT2D eigenvalue weighted by Gasteiger charge is 2.43. The molecule has 0 radical (unpaired) electrons. The minimum atomic E-state index is 0. The molecule has 2 aliphatic carbocycles. The van der Waals surface area contributed by atoms with E-state index in [0.717, 1.165) is 30.9 Å². The third-order valence-electron chi connectivity index (χ3n) is 4.69. The molecule has 0 unspecified atom stereocenters. The number of halogens is 1. The second-order valence-corrected chi connectivity index (χ2v) is 7.18. The van der Waals surface area contributed by atoms with Crippen molar-refractivity contribution >= 4 is 41.7 Å². The van der Waals surface area contributed by atoms with Gasteiger partial charge >= 0.3 is 0 Å². The van der Waals surface area contributed by atoms with Gasteiger partial charge in [0.2, 0.25) is 0 Å². The van der Waals surface area contributed by atoms with Gasteiger partial charge in [-0.1, -0.05) is 32.1 Å². The van der Waals surface area contributed by atoms with Crippen molar-refractivity contribution in [3.8, 4) is 0 Å². The van der Waals surface area contributed by atoms with Gasteiger partial charge in [0.05, 0.1) is 6.04 Å². The monoisotopic (exact) mass is 395 g/mol. The van der Waals surface area contributed by atoms with Gasteiger partial charge in [0.25, 0.3) is 0 Å². The lowest BCUT2D eigenvalue weighted by Gasteiger charge is -2.27. The number of hydrogen-bond acceptors (Lipinski definition) is 2. The van der Waals surface area contributed by atoms with Crippen molar-refractivity contribution in [3.63, 3.8) is 0 Å². The van der Waals surface area contributed by atoms with Gasteiger partial charge in [-0.3, -0.25) is 0 Å². The second kappa shape index (κ2) is 7.38. The summed E-state index contributed by atoms with van der Waals surface area (Å²) in [5, 5.41) is 0. The van der Waals surface area contributed by atoms with Gasteiger partial charge in [-0.15, -0.1) is 24.0 Å². The molecule has 5 heteroatoms. The largest absolute Gasteiger partial charge is 0.370 e. The molecule has 0 spiro atoms. The molecule has 19 heavy (non-hydrogen) atoms. The molecule has 0 amide bonds. The number of aliphatic imine (C=N–C) groups is 1. The van der Waals surface area contributed by atoms with E-state index < -0.39 is 0 Å². The fourth-order valence-corrected chi connectivity index (χ4v) is 4.36. The van der Waals surface area contributed by atoms with Crippen LogP contribution in [0.1, 0.15) is 38.5 Å². The van der Waals surface area contributed by atoms with Crippen LogP contribution in [-0.2, 0) is 0 Å². The average Bonchev–Trinajstić information content (AvgIpc) is 3.20. The summed E-state index contributed by atoms with van der Waals surface area (Å²) < 4.78 is 0. The molecule has 3 nitrogen and oxygen atoms in total. The van der Waals surface area contributed by atoms with Gasteiger partial charge in [0, 0.05) is 24.6 Å². The highest BCUT2D eigenvalue weighted by molar-refractivity contribution is 14.0. The highest BCUT2D eigenvalue weighted by Crippen LogP contribution is 2.46. The topological polar surface area (TPSA) is 41.6 Å². The summed E-state index contributed by atoms with van der Waals surface area (Å²) in [5.74, 6) is 5.04. The third-order valence-corrected chi connectivity index (χ3v) is 5.64. The van der Waals surface area contributed by atoms with Crippen LogP contribution in [0, 0.1) is 11.8 Å². The Morgan fingerprint density at radius 3 is 2.47 bits per heavy atom. The number of hydrogen-bond donors (Lipinski definition) is 1. The Morgan fingerprint density at radius 1 is 1.11 bits per heavy atom. The number of guanidine groups is 1. The fourth-order valence-electron chi connectivity index (χ4n) is 3.46. The van der Waals surface area contributed by atoms with E-state index in [1.165, 1.54) is 50.0 Å². The molecule has 2 N–H and O–H groups in total. The van der Waals surface area contributed by atoms with E-state index in [1.807, 2.05) is 11.8 Å². The lowest BCUT2D eigenvalue weighted by Crippen LogP contribution is -2.42. The van der Waals surface area contributed by atoms with Crippen LogP contribution in [0.15, 0.2) is 4.99 Å². The standard InChI is InChI=1S/C14H25N3S.HI/c15-14(17-6-8-18-9-7-17)16-13-10-12(13)11-4-2-1-3-5-11;/h11-13H,1-10H2,(H2,15,16);1H/t12-,13+;/m0./s1. The SMILES string of the molecule is I.NC(=N[C@@H]1C[C@H]1C1CCCCC1)N1CCSCC1. The fraction of sp³-hybridized carbons (Fsp3) is 0.929. The summed E-state index contributed by atoms with van der Waals surface area (Å²) in [6.07, 6.45) is 8.51. The van der Waals surface area contributed by atoms with Crippen molar-refractivity contribution in [1.82, 2.24) is 4.90 Å². The Balaban J connectivity index is 0.00000133. The Morgan fingerprint density at radius 2 is 1.79 bits per heavy atom. The molecule has 110 valence electrons. The first-order valence-corrected chi connectivity index (χ1v) is 8.66. The molecule has 1 aliphatic heterocycles. The van der Waals surface area contributed by atoms with Gasteiger partial charge in [-0.05, 0) is 18.3 Å². The number of thioether (sulfide) groups is 1. The van der Waals surface area contributed by atoms with Gasteiger partial charge in [0.15, 0.2) is 5.96 Å². The summed E-state index contributed by atoms with van der Waals surface area (Å²) in [7, 11) is 0. The van der Waals surface area contributed by atoms with Crippen LogP contribution in [0.4, 0.5) is 0 Å². The maximum Gasteiger partial charge on any atom is 0.191 e. The molecule has 3 rings (SSSR count). The van der Waals surface area contributed by atoms with E-state index in [9.17, 15) is 0 Å². The molecule has 2 atom stereocenters. The lowest BCUT2D eigenvalue weighted by molar-refractivity contribution is 0.318. The molecule has 0 bridgehead atoms. The van der Waals surface area contributed by atoms with Gasteiger partial charge in [-0.25, -0.2) is 4.99 Å². The number of nitrogens with zero attached hydrogens (tertiary/aromatic N) is 2. The first-order chi connectivity index (χ1) is 8.84. The highest BCUT2D eigenvalue weighted by atomic mass is 127. The number of nitrogens with two attached hydrogens (primary N) is 1. The van der Waals surface area contributed by atoms with Crippen LogP contribution in [0.2, 0.25) is 0 Å². The van der Waals surface area contributed by atoms with Crippen molar-refractivity contribution in [2.45, 2.75) is 44.6 Å². The predicted molar refractivity (Wildman–Crippen MR) is 94.4 cm³/mol. The Kier molecular flexibility index (Phi) is 6.11. The van der Waals surface area contributed by atoms with Gasteiger partial charge < -0.3 is 10.6 Å². The maximum atomic E-state index is 6.15. The molecule has 3 fully saturated rings. The summed E-state index contributed by atoms with van der Waals surface area (Å²) in [6.45, 7) is 2.17. The van der Waals surface area contributed by atoms with Crippen molar-refractivity contribution in [2.75, 3.05) is 24.6 Å². The van der Waals surface area contributed by atoms with Crippen molar-refractivity contribution in [1.29, 1.82) is 0 Å². The van der Waals surface area contributed by atoms with Gasteiger partial charge in [0.1, 0.15) is 0 Å². The molecule has 1 saturated heterocycles. The summed E-state index contributed by atoms with van der Waals surface area (Å²) in [4.78, 5) is 7.05. The summed E-state index contributed by atoms with van der Waals surface area (Å²) in [5.41, 5.74) is 6.15. The predicted octanol–water partition coefficient (Wildman–Crippen LogP) is 2.94. The average molecular weight is 395 g/mol. The van der Waals surface area contributed by atoms with Crippen LogP contribution < -0.4 is 5.73 Å². The van der Waals surface area contributed by atoms with E-state index in [2.05, 4.69) is 4.90 Å². The zero-order valence-electron chi connectivity index (χ0n) is 11.6. The smallest absolute Gasteiger partial charge is 0.191 e. The Bertz CT molecular complexity index is 312. The summed E-state index contributed by atoms with van der Waals surface area (Å²) >= 11 is 2.02. The van der Waals surface area contributed by atoms with E-state index in [1.54, 1.807) is 0 Å². The minimum absolute atomic E-state index is 0. The molecule has 2 saturated carbocycles. The first-order valence-electron chi connectivity index (χ1n) is 7.50. The molecule has 0 aromatic heterocycles. The van der Waals surface area contributed by atoms with E-state index in [-0.39, 0.29) is 24.0 Å². The lowest BCUT2D eigenvalue weighted by atomic mass is 9.85. The zero-order chi connectivity index (χ0) is 12.4. The Hall–Kier alpha value is 0.350. The third kappa shape index (κ3) is 4.16. The first kappa shape index (κ1) is 15.7. The van der Waals surface area contributed by atoms with Crippen LogP contribution >= 0.6 is 35.7 Å². The normalized spacial score (nSPS) is 32.8. The van der Waals surface area contributed by atoms with Crippen LogP contribution in [0.25, 0.3) is 0 Å².